The summed E-state index contributed by atoms with van der Waals surface area (Å²) in [5.74, 6) is 0.825. The maximum atomic E-state index is 4.67. The Morgan fingerprint density at radius 3 is 2.57 bits per heavy atom. The molecule has 0 aliphatic rings. The van der Waals surface area contributed by atoms with Gasteiger partial charge in [-0.05, 0) is 41.9 Å². The third-order valence-electron chi connectivity index (χ3n) is 5.08. The van der Waals surface area contributed by atoms with Gasteiger partial charge in [-0.15, -0.1) is 0 Å². The topological polar surface area (TPSA) is 12.9 Å². The van der Waals surface area contributed by atoms with Gasteiger partial charge in [0, 0.05) is 11.6 Å². The molecule has 2 atom stereocenters. The minimum Gasteiger partial charge on any atom is -0.256 e. The standard InChI is InChI=1S/C20H29N/c1-5-10-16(6-2)14-20(4,7-3)18-13-17-11-8-9-12-19(17)21-15-18/h8-9,11-13,15-16H,5-7,10,14H2,1-4H3. The summed E-state index contributed by atoms with van der Waals surface area (Å²) in [7, 11) is 0. The molecule has 0 N–H and O–H groups in total. The van der Waals surface area contributed by atoms with Crippen molar-refractivity contribution in [1.82, 2.24) is 4.98 Å². The first-order valence-corrected chi connectivity index (χ1v) is 8.48. The molecule has 1 aromatic heterocycles. The van der Waals surface area contributed by atoms with Crippen molar-refractivity contribution >= 4 is 10.9 Å². The lowest BCUT2D eigenvalue weighted by Crippen LogP contribution is -2.25. The SMILES string of the molecule is CCCC(CC)CC(C)(CC)c1cnc2ccccc2c1. The zero-order chi connectivity index (χ0) is 15.3. The summed E-state index contributed by atoms with van der Waals surface area (Å²) < 4.78 is 0. The number of rotatable bonds is 7. The number of fused-ring (bicyclic) bond motifs is 1. The Kier molecular flexibility index (Phi) is 5.39. The second-order valence-corrected chi connectivity index (χ2v) is 6.60. The van der Waals surface area contributed by atoms with Gasteiger partial charge in [-0.1, -0.05) is 65.2 Å². The lowest BCUT2D eigenvalue weighted by molar-refractivity contribution is 0.304. The predicted octanol–water partition coefficient (Wildman–Crippen LogP) is 6.12. The van der Waals surface area contributed by atoms with Gasteiger partial charge in [0.2, 0.25) is 0 Å². The van der Waals surface area contributed by atoms with Crippen molar-refractivity contribution in [3.8, 4) is 0 Å². The van der Waals surface area contributed by atoms with Gasteiger partial charge in [-0.2, -0.15) is 0 Å². The van der Waals surface area contributed by atoms with Crippen LogP contribution in [0.2, 0.25) is 0 Å². The summed E-state index contributed by atoms with van der Waals surface area (Å²) in [6.07, 6.45) is 8.46. The third-order valence-corrected chi connectivity index (χ3v) is 5.08. The zero-order valence-corrected chi connectivity index (χ0v) is 14.0. The number of hydrogen-bond donors (Lipinski definition) is 0. The molecule has 1 aromatic carbocycles. The molecule has 1 heterocycles. The highest BCUT2D eigenvalue weighted by molar-refractivity contribution is 5.79. The van der Waals surface area contributed by atoms with Gasteiger partial charge < -0.3 is 0 Å². The third kappa shape index (κ3) is 3.64. The molecule has 1 heteroatoms. The van der Waals surface area contributed by atoms with Crippen LogP contribution in [0.3, 0.4) is 0 Å². The number of pyridine rings is 1. The minimum absolute atomic E-state index is 0.243. The molecule has 0 radical (unpaired) electrons. The van der Waals surface area contributed by atoms with Crippen LogP contribution in [0, 0.1) is 5.92 Å². The van der Waals surface area contributed by atoms with Crippen LogP contribution < -0.4 is 0 Å². The van der Waals surface area contributed by atoms with Crippen LogP contribution in [-0.2, 0) is 5.41 Å². The predicted molar refractivity (Wildman–Crippen MR) is 92.7 cm³/mol. The molecule has 2 rings (SSSR count). The average Bonchev–Trinajstić information content (AvgIpc) is 2.53. The lowest BCUT2D eigenvalue weighted by Gasteiger charge is -2.33. The summed E-state index contributed by atoms with van der Waals surface area (Å²) in [6, 6.07) is 10.8. The van der Waals surface area contributed by atoms with E-state index in [1.807, 2.05) is 0 Å². The second kappa shape index (κ2) is 7.06. The lowest BCUT2D eigenvalue weighted by atomic mass is 9.72. The molecular formula is C20H29N. The van der Waals surface area contributed by atoms with Gasteiger partial charge in [-0.3, -0.25) is 4.98 Å². The highest BCUT2D eigenvalue weighted by atomic mass is 14.7. The van der Waals surface area contributed by atoms with Crippen LogP contribution in [0.15, 0.2) is 36.5 Å². The normalized spacial score (nSPS) is 15.8. The van der Waals surface area contributed by atoms with E-state index in [0.29, 0.717) is 0 Å². The first-order chi connectivity index (χ1) is 10.1. The van der Waals surface area contributed by atoms with Gasteiger partial charge in [-0.25, -0.2) is 0 Å². The fraction of sp³-hybridized carbons (Fsp3) is 0.550. The molecule has 0 saturated heterocycles. The van der Waals surface area contributed by atoms with Crippen molar-refractivity contribution in [3.05, 3.63) is 42.1 Å². The maximum Gasteiger partial charge on any atom is 0.0702 e. The smallest absolute Gasteiger partial charge is 0.0702 e. The molecule has 2 aromatic rings. The molecule has 114 valence electrons. The van der Waals surface area contributed by atoms with Gasteiger partial charge in [0.05, 0.1) is 5.52 Å². The Labute approximate surface area is 129 Å². The van der Waals surface area contributed by atoms with Crippen molar-refractivity contribution in [3.63, 3.8) is 0 Å². The fourth-order valence-electron chi connectivity index (χ4n) is 3.36. The van der Waals surface area contributed by atoms with Crippen LogP contribution in [0.5, 0.6) is 0 Å². The molecule has 0 bridgehead atoms. The monoisotopic (exact) mass is 283 g/mol. The van der Waals surface area contributed by atoms with E-state index in [0.717, 1.165) is 11.4 Å². The fourth-order valence-corrected chi connectivity index (χ4v) is 3.36. The van der Waals surface area contributed by atoms with Crippen molar-refractivity contribution < 1.29 is 0 Å². The van der Waals surface area contributed by atoms with Crippen LogP contribution in [0.4, 0.5) is 0 Å². The van der Waals surface area contributed by atoms with E-state index in [4.69, 9.17) is 0 Å². The summed E-state index contributed by atoms with van der Waals surface area (Å²) in [6.45, 7) is 9.35. The Hall–Kier alpha value is -1.37. The Balaban J connectivity index is 2.32. The van der Waals surface area contributed by atoms with E-state index in [9.17, 15) is 0 Å². The number of para-hydroxylation sites is 1. The molecule has 21 heavy (non-hydrogen) atoms. The van der Waals surface area contributed by atoms with Gasteiger partial charge in [0.25, 0.3) is 0 Å². The van der Waals surface area contributed by atoms with Gasteiger partial charge in [0.1, 0.15) is 0 Å². The number of aromatic nitrogens is 1. The molecule has 0 saturated carbocycles. The molecule has 0 aliphatic carbocycles. The Morgan fingerprint density at radius 2 is 1.90 bits per heavy atom. The largest absolute Gasteiger partial charge is 0.256 e. The van der Waals surface area contributed by atoms with Crippen LogP contribution in [0.1, 0.15) is 65.4 Å². The summed E-state index contributed by atoms with van der Waals surface area (Å²) >= 11 is 0. The number of nitrogens with zero attached hydrogens (tertiary/aromatic N) is 1. The van der Waals surface area contributed by atoms with E-state index in [2.05, 4.69) is 69.2 Å². The first-order valence-electron chi connectivity index (χ1n) is 8.48. The minimum atomic E-state index is 0.243. The number of hydrogen-bond acceptors (Lipinski definition) is 1. The van der Waals surface area contributed by atoms with Crippen molar-refractivity contribution in [2.24, 2.45) is 5.92 Å². The average molecular weight is 283 g/mol. The Bertz CT molecular complexity index is 575. The molecule has 0 amide bonds. The Morgan fingerprint density at radius 1 is 1.14 bits per heavy atom. The van der Waals surface area contributed by atoms with E-state index in [-0.39, 0.29) is 5.41 Å². The number of benzene rings is 1. The van der Waals surface area contributed by atoms with E-state index >= 15 is 0 Å². The molecular weight excluding hydrogens is 254 g/mol. The van der Waals surface area contributed by atoms with Gasteiger partial charge in [0.15, 0.2) is 0 Å². The maximum absolute atomic E-state index is 4.67. The van der Waals surface area contributed by atoms with Gasteiger partial charge >= 0.3 is 0 Å². The second-order valence-electron chi connectivity index (χ2n) is 6.60. The zero-order valence-electron chi connectivity index (χ0n) is 14.0. The van der Waals surface area contributed by atoms with Crippen LogP contribution in [-0.4, -0.2) is 4.98 Å². The van der Waals surface area contributed by atoms with Crippen LogP contribution >= 0.6 is 0 Å². The quantitative estimate of drug-likeness (QED) is 0.596. The van der Waals surface area contributed by atoms with Crippen molar-refractivity contribution in [1.29, 1.82) is 0 Å². The molecule has 0 aliphatic heterocycles. The van der Waals surface area contributed by atoms with E-state index < -0.39 is 0 Å². The van der Waals surface area contributed by atoms with Crippen LogP contribution in [0.25, 0.3) is 10.9 Å². The first kappa shape index (κ1) is 16.0. The summed E-state index contributed by atoms with van der Waals surface area (Å²) in [5, 5.41) is 1.26. The molecule has 1 nitrogen and oxygen atoms in total. The molecule has 0 fully saturated rings. The van der Waals surface area contributed by atoms with E-state index in [1.54, 1.807) is 0 Å². The summed E-state index contributed by atoms with van der Waals surface area (Å²) in [5.41, 5.74) is 2.74. The summed E-state index contributed by atoms with van der Waals surface area (Å²) in [4.78, 5) is 4.67. The van der Waals surface area contributed by atoms with Crippen molar-refractivity contribution in [2.45, 2.75) is 65.2 Å². The van der Waals surface area contributed by atoms with E-state index in [1.165, 1.54) is 43.1 Å². The van der Waals surface area contributed by atoms with Crippen molar-refractivity contribution in [2.75, 3.05) is 0 Å². The molecule has 0 spiro atoms. The highest BCUT2D eigenvalue weighted by Gasteiger charge is 2.28. The highest BCUT2D eigenvalue weighted by Crippen LogP contribution is 2.37. The molecule has 2 unspecified atom stereocenters.